The summed E-state index contributed by atoms with van der Waals surface area (Å²) in [5.41, 5.74) is 2.27. The van der Waals surface area contributed by atoms with Crippen LogP contribution in [0.5, 0.6) is 5.88 Å². The van der Waals surface area contributed by atoms with Crippen LogP contribution < -0.4 is 10.3 Å². The Labute approximate surface area is 201 Å². The standard InChI is InChI=1S/C26H26FN3O3S/c1-17-14-23(33-16-26(2,3)32)29-22-9-8-20(15-21(17)22)30-12-11-28-24(25(30)31)34-13-10-18-4-6-19(27)7-5-18/h4-9,11-12,14-15,32H,10,13,16H2,1-3H3. The van der Waals surface area contributed by atoms with E-state index in [0.717, 1.165) is 27.7 Å². The largest absolute Gasteiger partial charge is 0.475 e. The number of pyridine rings is 1. The van der Waals surface area contributed by atoms with Crippen molar-refractivity contribution in [3.8, 4) is 11.6 Å². The molecule has 6 nitrogen and oxygen atoms in total. The van der Waals surface area contributed by atoms with Gasteiger partial charge in [-0.1, -0.05) is 12.1 Å². The van der Waals surface area contributed by atoms with Crippen molar-refractivity contribution in [2.24, 2.45) is 0 Å². The Balaban J connectivity index is 1.54. The molecule has 4 aromatic rings. The number of fused-ring (bicyclic) bond motifs is 1. The normalized spacial score (nSPS) is 11.7. The van der Waals surface area contributed by atoms with E-state index in [1.807, 2.05) is 31.2 Å². The van der Waals surface area contributed by atoms with Gasteiger partial charge in [0.15, 0.2) is 5.03 Å². The minimum Gasteiger partial charge on any atom is -0.475 e. The van der Waals surface area contributed by atoms with Crippen LogP contribution in [-0.2, 0) is 6.42 Å². The van der Waals surface area contributed by atoms with Crippen molar-refractivity contribution in [3.05, 3.63) is 88.2 Å². The van der Waals surface area contributed by atoms with Crippen molar-refractivity contribution in [1.29, 1.82) is 0 Å². The van der Waals surface area contributed by atoms with Crippen molar-refractivity contribution in [3.63, 3.8) is 0 Å². The molecule has 1 N–H and O–H groups in total. The molecule has 2 heterocycles. The Morgan fingerprint density at radius 1 is 1.15 bits per heavy atom. The Hall–Kier alpha value is -3.23. The highest BCUT2D eigenvalue weighted by molar-refractivity contribution is 7.99. The van der Waals surface area contributed by atoms with Gasteiger partial charge in [-0.2, -0.15) is 0 Å². The summed E-state index contributed by atoms with van der Waals surface area (Å²) in [4.78, 5) is 21.9. The topological polar surface area (TPSA) is 77.2 Å². The van der Waals surface area contributed by atoms with Gasteiger partial charge in [0.1, 0.15) is 12.4 Å². The average molecular weight is 480 g/mol. The summed E-state index contributed by atoms with van der Waals surface area (Å²) in [6.07, 6.45) is 3.97. The molecular weight excluding hydrogens is 453 g/mol. The summed E-state index contributed by atoms with van der Waals surface area (Å²) in [6, 6.07) is 13.8. The lowest BCUT2D eigenvalue weighted by atomic mass is 10.1. The summed E-state index contributed by atoms with van der Waals surface area (Å²) in [6.45, 7) is 5.44. The third-order valence-electron chi connectivity index (χ3n) is 5.18. The van der Waals surface area contributed by atoms with Gasteiger partial charge in [-0.05, 0) is 68.7 Å². The molecule has 0 unspecified atom stereocenters. The molecule has 2 aromatic carbocycles. The van der Waals surface area contributed by atoms with E-state index in [2.05, 4.69) is 9.97 Å². The molecule has 0 saturated carbocycles. The third kappa shape index (κ3) is 5.81. The third-order valence-corrected chi connectivity index (χ3v) is 6.14. The molecule has 34 heavy (non-hydrogen) atoms. The number of hydrogen-bond donors (Lipinski definition) is 1. The predicted octanol–water partition coefficient (Wildman–Crippen LogP) is 4.71. The highest BCUT2D eigenvalue weighted by Gasteiger charge is 2.15. The number of aromatic nitrogens is 3. The molecule has 0 aliphatic rings. The van der Waals surface area contributed by atoms with E-state index < -0.39 is 5.60 Å². The van der Waals surface area contributed by atoms with Gasteiger partial charge in [0.2, 0.25) is 5.88 Å². The van der Waals surface area contributed by atoms with Gasteiger partial charge in [-0.15, -0.1) is 11.8 Å². The first kappa shape index (κ1) is 23.9. The van der Waals surface area contributed by atoms with E-state index in [-0.39, 0.29) is 18.0 Å². The second-order valence-corrected chi connectivity index (χ2v) is 9.80. The minimum absolute atomic E-state index is 0.136. The second kappa shape index (κ2) is 9.95. The van der Waals surface area contributed by atoms with Gasteiger partial charge in [0.25, 0.3) is 5.56 Å². The van der Waals surface area contributed by atoms with Crippen molar-refractivity contribution in [2.45, 2.75) is 37.8 Å². The molecule has 0 bridgehead atoms. The van der Waals surface area contributed by atoms with Crippen molar-refractivity contribution in [1.82, 2.24) is 14.5 Å². The molecule has 0 fully saturated rings. The Bertz CT molecular complexity index is 1360. The van der Waals surface area contributed by atoms with Gasteiger partial charge in [-0.25, -0.2) is 14.4 Å². The van der Waals surface area contributed by atoms with E-state index >= 15 is 0 Å². The molecule has 0 saturated heterocycles. The highest BCUT2D eigenvalue weighted by atomic mass is 32.2. The molecule has 176 valence electrons. The first-order valence-corrected chi connectivity index (χ1v) is 11.9. The number of aliphatic hydroxyl groups is 1. The number of halogens is 1. The van der Waals surface area contributed by atoms with Crippen LogP contribution in [0.3, 0.4) is 0 Å². The first-order chi connectivity index (χ1) is 16.2. The maximum atomic E-state index is 13.1. The maximum Gasteiger partial charge on any atom is 0.287 e. The zero-order chi connectivity index (χ0) is 24.3. The molecule has 0 atom stereocenters. The number of aryl methyl sites for hydroxylation is 2. The minimum atomic E-state index is -0.953. The van der Waals surface area contributed by atoms with Crippen LogP contribution in [0.2, 0.25) is 0 Å². The molecule has 2 aromatic heterocycles. The van der Waals surface area contributed by atoms with Gasteiger partial charge in [-0.3, -0.25) is 9.36 Å². The average Bonchev–Trinajstić information content (AvgIpc) is 2.80. The molecular formula is C26H26FN3O3S. The quantitative estimate of drug-likeness (QED) is 0.369. The number of benzene rings is 2. The van der Waals surface area contributed by atoms with Crippen LogP contribution in [0, 0.1) is 12.7 Å². The summed E-state index contributed by atoms with van der Waals surface area (Å²) < 4.78 is 20.3. The first-order valence-electron chi connectivity index (χ1n) is 10.9. The van der Waals surface area contributed by atoms with Crippen LogP contribution in [0.1, 0.15) is 25.0 Å². The summed E-state index contributed by atoms with van der Waals surface area (Å²) >= 11 is 1.38. The van der Waals surface area contributed by atoms with E-state index in [1.165, 1.54) is 23.9 Å². The van der Waals surface area contributed by atoms with Gasteiger partial charge >= 0.3 is 0 Å². The lowest BCUT2D eigenvalue weighted by Crippen LogP contribution is -2.28. The summed E-state index contributed by atoms with van der Waals surface area (Å²) in [7, 11) is 0. The fourth-order valence-corrected chi connectivity index (χ4v) is 4.33. The molecule has 0 spiro atoms. The van der Waals surface area contributed by atoms with Crippen molar-refractivity contribution >= 4 is 22.7 Å². The summed E-state index contributed by atoms with van der Waals surface area (Å²) in [5.74, 6) is 0.843. The smallest absolute Gasteiger partial charge is 0.287 e. The highest BCUT2D eigenvalue weighted by Crippen LogP contribution is 2.25. The SMILES string of the molecule is Cc1cc(OCC(C)(C)O)nc2ccc(-n3ccnc(SCCc4ccc(F)cc4)c3=O)cc12. The van der Waals surface area contributed by atoms with E-state index in [4.69, 9.17) is 4.74 Å². The Morgan fingerprint density at radius 3 is 2.65 bits per heavy atom. The Kier molecular flexibility index (Phi) is 7.00. The van der Waals surface area contributed by atoms with E-state index in [0.29, 0.717) is 23.1 Å². The van der Waals surface area contributed by atoms with Crippen molar-refractivity contribution in [2.75, 3.05) is 12.4 Å². The van der Waals surface area contributed by atoms with Gasteiger partial charge < -0.3 is 9.84 Å². The molecule has 0 amide bonds. The molecule has 0 aliphatic heterocycles. The molecule has 0 aliphatic carbocycles. The molecule has 4 rings (SSSR count). The second-order valence-electron chi connectivity index (χ2n) is 8.71. The van der Waals surface area contributed by atoms with Crippen LogP contribution in [0.4, 0.5) is 4.39 Å². The number of nitrogens with zero attached hydrogens (tertiary/aromatic N) is 3. The van der Waals surface area contributed by atoms with E-state index in [9.17, 15) is 14.3 Å². The zero-order valence-corrected chi connectivity index (χ0v) is 20.1. The van der Waals surface area contributed by atoms with Gasteiger partial charge in [0.05, 0.1) is 11.1 Å². The van der Waals surface area contributed by atoms with Crippen molar-refractivity contribution < 1.29 is 14.2 Å². The number of hydrogen-bond acceptors (Lipinski definition) is 6. The fraction of sp³-hybridized carbons (Fsp3) is 0.269. The predicted molar refractivity (Wildman–Crippen MR) is 132 cm³/mol. The van der Waals surface area contributed by atoms with Crippen LogP contribution in [0.25, 0.3) is 16.6 Å². The molecule has 0 radical (unpaired) electrons. The monoisotopic (exact) mass is 479 g/mol. The lowest BCUT2D eigenvalue weighted by Gasteiger charge is -2.18. The Morgan fingerprint density at radius 2 is 1.91 bits per heavy atom. The number of thioether (sulfide) groups is 1. The maximum absolute atomic E-state index is 13.1. The number of ether oxygens (including phenoxy) is 1. The summed E-state index contributed by atoms with van der Waals surface area (Å²) in [5, 5.41) is 11.2. The van der Waals surface area contributed by atoms with Gasteiger partial charge in [0, 0.05) is 35.3 Å². The number of rotatable bonds is 8. The fourth-order valence-electron chi connectivity index (χ4n) is 3.44. The molecule has 8 heteroatoms. The van der Waals surface area contributed by atoms with Crippen LogP contribution >= 0.6 is 11.8 Å². The zero-order valence-electron chi connectivity index (χ0n) is 19.3. The van der Waals surface area contributed by atoms with E-state index in [1.54, 1.807) is 42.9 Å². The van der Waals surface area contributed by atoms with Crippen LogP contribution in [-0.4, -0.2) is 37.6 Å². The lowest BCUT2D eigenvalue weighted by molar-refractivity contribution is 0.0269. The van der Waals surface area contributed by atoms with Crippen LogP contribution in [0.15, 0.2) is 70.7 Å².